The summed E-state index contributed by atoms with van der Waals surface area (Å²) in [5.41, 5.74) is 5.58. The lowest BCUT2D eigenvalue weighted by molar-refractivity contribution is -0.135. The molecular formula is C24H32N2O3S. The predicted octanol–water partition coefficient (Wildman–Crippen LogP) is 3.98. The van der Waals surface area contributed by atoms with Crippen LogP contribution in [0.2, 0.25) is 0 Å². The van der Waals surface area contributed by atoms with E-state index in [1.54, 1.807) is 17.0 Å². The van der Waals surface area contributed by atoms with Gasteiger partial charge in [-0.15, -0.1) is 0 Å². The molecule has 0 saturated carbocycles. The van der Waals surface area contributed by atoms with Crippen molar-refractivity contribution < 1.29 is 13.2 Å². The van der Waals surface area contributed by atoms with Crippen LogP contribution in [-0.2, 0) is 21.4 Å². The lowest BCUT2D eigenvalue weighted by Gasteiger charge is -2.32. The number of sulfonamides is 1. The molecule has 1 amide bonds. The van der Waals surface area contributed by atoms with Crippen LogP contribution in [0.25, 0.3) is 0 Å². The van der Waals surface area contributed by atoms with Crippen LogP contribution >= 0.6 is 0 Å². The van der Waals surface area contributed by atoms with Crippen LogP contribution < -0.4 is 0 Å². The van der Waals surface area contributed by atoms with Gasteiger partial charge >= 0.3 is 0 Å². The van der Waals surface area contributed by atoms with E-state index in [1.807, 2.05) is 27.0 Å². The van der Waals surface area contributed by atoms with Crippen molar-refractivity contribution in [3.8, 4) is 0 Å². The first kappa shape index (κ1) is 22.5. The summed E-state index contributed by atoms with van der Waals surface area (Å²) >= 11 is 0. The zero-order chi connectivity index (χ0) is 22.1. The molecule has 162 valence electrons. The second-order valence-electron chi connectivity index (χ2n) is 8.55. The van der Waals surface area contributed by atoms with Crippen LogP contribution in [-0.4, -0.2) is 43.7 Å². The summed E-state index contributed by atoms with van der Waals surface area (Å²) in [6.45, 7) is 9.35. The molecule has 30 heavy (non-hydrogen) atoms. The highest BCUT2D eigenvalue weighted by Gasteiger charge is 2.33. The second kappa shape index (κ2) is 8.90. The van der Waals surface area contributed by atoms with Crippen molar-refractivity contribution in [3.63, 3.8) is 0 Å². The lowest BCUT2D eigenvalue weighted by Crippen LogP contribution is -2.43. The minimum absolute atomic E-state index is 0.0956. The normalized spacial score (nSPS) is 15.9. The number of nitrogens with zero attached hydrogens (tertiary/aromatic N) is 2. The third-order valence-electron chi connectivity index (χ3n) is 6.20. The summed E-state index contributed by atoms with van der Waals surface area (Å²) in [5.74, 6) is -0.0369. The van der Waals surface area contributed by atoms with Gasteiger partial charge in [-0.05, 0) is 74.9 Å². The molecular weight excluding hydrogens is 396 g/mol. The first-order valence-electron chi connectivity index (χ1n) is 10.5. The Kier molecular flexibility index (Phi) is 6.68. The summed E-state index contributed by atoms with van der Waals surface area (Å²) in [6.07, 6.45) is 1.11. The largest absolute Gasteiger partial charge is 0.341 e. The molecule has 0 N–H and O–H groups in total. The first-order valence-corrected chi connectivity index (χ1v) is 11.9. The van der Waals surface area contributed by atoms with E-state index < -0.39 is 10.0 Å². The van der Waals surface area contributed by atoms with E-state index >= 15 is 0 Å². The van der Waals surface area contributed by atoms with Gasteiger partial charge in [0.2, 0.25) is 15.9 Å². The van der Waals surface area contributed by atoms with Crippen molar-refractivity contribution in [3.05, 3.63) is 64.2 Å². The van der Waals surface area contributed by atoms with Gasteiger partial charge in [-0.25, -0.2) is 8.42 Å². The molecule has 1 heterocycles. The Morgan fingerprint density at radius 2 is 1.63 bits per heavy atom. The Morgan fingerprint density at radius 1 is 0.967 bits per heavy atom. The number of amides is 1. The predicted molar refractivity (Wildman–Crippen MR) is 120 cm³/mol. The van der Waals surface area contributed by atoms with Crippen molar-refractivity contribution in [2.24, 2.45) is 5.92 Å². The molecule has 5 nitrogen and oxygen atoms in total. The van der Waals surface area contributed by atoms with Crippen molar-refractivity contribution in [1.82, 2.24) is 9.21 Å². The minimum atomic E-state index is -3.52. The number of benzene rings is 2. The fourth-order valence-corrected chi connectivity index (χ4v) is 5.59. The molecule has 6 heteroatoms. The Bertz CT molecular complexity index is 1040. The van der Waals surface area contributed by atoms with E-state index in [0.29, 0.717) is 37.4 Å². The van der Waals surface area contributed by atoms with Gasteiger partial charge in [0.1, 0.15) is 0 Å². The molecule has 0 radical (unpaired) electrons. The lowest BCUT2D eigenvalue weighted by atomic mass is 9.96. The molecule has 0 atom stereocenters. The number of carbonyl (C=O) groups excluding carboxylic acids is 1. The van der Waals surface area contributed by atoms with Crippen molar-refractivity contribution >= 4 is 15.9 Å². The van der Waals surface area contributed by atoms with Gasteiger partial charge in [0.25, 0.3) is 0 Å². The maximum Gasteiger partial charge on any atom is 0.243 e. The van der Waals surface area contributed by atoms with Crippen LogP contribution in [0.1, 0.15) is 40.7 Å². The van der Waals surface area contributed by atoms with Gasteiger partial charge in [0.15, 0.2) is 0 Å². The van der Waals surface area contributed by atoms with Gasteiger partial charge in [-0.3, -0.25) is 4.79 Å². The Morgan fingerprint density at radius 3 is 2.23 bits per heavy atom. The molecule has 3 rings (SSSR count). The highest BCUT2D eigenvalue weighted by atomic mass is 32.2. The zero-order valence-corrected chi connectivity index (χ0v) is 19.4. The number of aryl methyl sites for hydroxylation is 4. The van der Waals surface area contributed by atoms with Crippen LogP contribution in [0.3, 0.4) is 0 Å². The average molecular weight is 429 g/mol. The van der Waals surface area contributed by atoms with Crippen LogP contribution in [0.5, 0.6) is 0 Å². The number of hydrogen-bond donors (Lipinski definition) is 0. The molecule has 0 bridgehead atoms. The molecule has 2 aromatic rings. The third-order valence-corrected chi connectivity index (χ3v) is 8.10. The summed E-state index contributed by atoms with van der Waals surface area (Å²) in [5, 5.41) is 0. The van der Waals surface area contributed by atoms with Gasteiger partial charge in [-0.2, -0.15) is 4.31 Å². The van der Waals surface area contributed by atoms with Gasteiger partial charge in [0.05, 0.1) is 4.90 Å². The van der Waals surface area contributed by atoms with Crippen LogP contribution in [0.4, 0.5) is 0 Å². The van der Waals surface area contributed by atoms with Crippen LogP contribution in [0.15, 0.2) is 41.3 Å². The Labute approximate surface area is 180 Å². The fraction of sp³-hybridized carbons (Fsp3) is 0.458. The SMILES string of the molecule is Cc1ccc(CN(C)C(=O)C2CCN(S(=O)(=O)c3ccc(C)c(C)c3)CC2)c(C)c1. The molecule has 1 aliphatic heterocycles. The first-order chi connectivity index (χ1) is 14.1. The highest BCUT2D eigenvalue weighted by molar-refractivity contribution is 7.89. The minimum Gasteiger partial charge on any atom is -0.341 e. The number of piperidine rings is 1. The molecule has 1 fully saturated rings. The van der Waals surface area contributed by atoms with Crippen molar-refractivity contribution in [2.75, 3.05) is 20.1 Å². The van der Waals surface area contributed by atoms with Crippen molar-refractivity contribution in [1.29, 1.82) is 0 Å². The average Bonchev–Trinajstić information content (AvgIpc) is 2.71. The number of hydrogen-bond acceptors (Lipinski definition) is 3. The maximum absolute atomic E-state index is 13.0. The quantitative estimate of drug-likeness (QED) is 0.724. The molecule has 0 aromatic heterocycles. The van der Waals surface area contributed by atoms with E-state index in [0.717, 1.165) is 16.7 Å². The third kappa shape index (κ3) is 4.76. The zero-order valence-electron chi connectivity index (χ0n) is 18.6. The molecule has 1 saturated heterocycles. The van der Waals surface area contributed by atoms with E-state index in [2.05, 4.69) is 32.0 Å². The van der Waals surface area contributed by atoms with E-state index in [9.17, 15) is 13.2 Å². The van der Waals surface area contributed by atoms with E-state index in [-0.39, 0.29) is 11.8 Å². The monoisotopic (exact) mass is 428 g/mol. The summed E-state index contributed by atoms with van der Waals surface area (Å²) < 4.78 is 27.5. The topological polar surface area (TPSA) is 57.7 Å². The molecule has 0 unspecified atom stereocenters. The van der Waals surface area contributed by atoms with Gasteiger partial charge in [-0.1, -0.05) is 29.8 Å². The molecule has 1 aliphatic rings. The van der Waals surface area contributed by atoms with Crippen molar-refractivity contribution in [2.45, 2.75) is 52.0 Å². The Hall–Kier alpha value is -2.18. The maximum atomic E-state index is 13.0. The highest BCUT2D eigenvalue weighted by Crippen LogP contribution is 2.26. The summed E-state index contributed by atoms with van der Waals surface area (Å²) in [6, 6.07) is 11.5. The smallest absolute Gasteiger partial charge is 0.243 e. The molecule has 0 aliphatic carbocycles. The van der Waals surface area contributed by atoms with Crippen LogP contribution in [0, 0.1) is 33.6 Å². The van der Waals surface area contributed by atoms with E-state index in [4.69, 9.17) is 0 Å². The Balaban J connectivity index is 1.62. The van der Waals surface area contributed by atoms with Gasteiger partial charge < -0.3 is 4.90 Å². The molecule has 2 aromatic carbocycles. The molecule has 0 spiro atoms. The van der Waals surface area contributed by atoms with Gasteiger partial charge in [0, 0.05) is 32.6 Å². The summed E-state index contributed by atoms with van der Waals surface area (Å²) in [4.78, 5) is 15.1. The summed E-state index contributed by atoms with van der Waals surface area (Å²) in [7, 11) is -1.69. The second-order valence-corrected chi connectivity index (χ2v) is 10.5. The fourth-order valence-electron chi connectivity index (χ4n) is 4.03. The number of rotatable bonds is 5. The standard InChI is InChI=1S/C24H32N2O3S/c1-17-6-8-22(20(4)14-17)16-25(5)24(27)21-10-12-26(13-11-21)30(28,29)23-9-7-18(2)19(3)15-23/h6-9,14-15,21H,10-13,16H2,1-5H3. The van der Waals surface area contributed by atoms with E-state index in [1.165, 1.54) is 15.4 Å². The number of carbonyl (C=O) groups is 1.